The summed E-state index contributed by atoms with van der Waals surface area (Å²) in [5.74, 6) is 0.0604. The molecule has 1 aromatic carbocycles. The number of aromatic nitrogens is 3. The molecule has 1 aliphatic heterocycles. The second kappa shape index (κ2) is 7.81. The maximum atomic E-state index is 11.5. The van der Waals surface area contributed by atoms with Crippen molar-refractivity contribution in [2.24, 2.45) is 5.92 Å². The molecule has 3 atom stereocenters. The summed E-state index contributed by atoms with van der Waals surface area (Å²) in [4.78, 5) is 24.7. The molecule has 146 valence electrons. The van der Waals surface area contributed by atoms with E-state index in [1.807, 2.05) is 30.3 Å². The molecule has 1 aliphatic carbocycles. The fourth-order valence-electron chi connectivity index (χ4n) is 3.50. The molecule has 1 fully saturated rings. The molecule has 0 spiro atoms. The van der Waals surface area contributed by atoms with Crippen LogP contribution in [0.5, 0.6) is 0 Å². The Morgan fingerprint density at radius 3 is 2.79 bits per heavy atom. The van der Waals surface area contributed by atoms with E-state index in [0.717, 1.165) is 5.56 Å². The molecule has 0 radical (unpaired) electrons. The lowest BCUT2D eigenvalue weighted by molar-refractivity contribution is -0.119. The van der Waals surface area contributed by atoms with Gasteiger partial charge in [-0.1, -0.05) is 48.6 Å². The van der Waals surface area contributed by atoms with Crippen molar-refractivity contribution < 1.29 is 9.53 Å². The summed E-state index contributed by atoms with van der Waals surface area (Å²) < 4.78 is 6.25. The Morgan fingerprint density at radius 2 is 2.07 bits per heavy atom. The van der Waals surface area contributed by atoms with Crippen LogP contribution in [0.25, 0.3) is 11.4 Å². The van der Waals surface area contributed by atoms with Crippen molar-refractivity contribution in [3.63, 3.8) is 0 Å². The zero-order valence-electron chi connectivity index (χ0n) is 15.7. The Hall–Kier alpha value is -3.57. The summed E-state index contributed by atoms with van der Waals surface area (Å²) in [6.07, 6.45) is 8.24. The van der Waals surface area contributed by atoms with Gasteiger partial charge in [-0.05, 0) is 12.5 Å². The second-order valence-corrected chi connectivity index (χ2v) is 6.96. The molecule has 1 aromatic heterocycles. The minimum absolute atomic E-state index is 0.000616. The van der Waals surface area contributed by atoms with Crippen molar-refractivity contribution in [2.75, 3.05) is 12.3 Å². The Kier molecular flexibility index (Phi) is 5.06. The van der Waals surface area contributed by atoms with Crippen molar-refractivity contribution in [1.82, 2.24) is 20.3 Å². The fourth-order valence-corrected chi connectivity index (χ4v) is 3.50. The molecule has 1 amide bonds. The average molecular weight is 388 g/mol. The van der Waals surface area contributed by atoms with Crippen molar-refractivity contribution in [2.45, 2.75) is 24.5 Å². The fraction of sp³-hybridized carbons (Fsp3) is 0.286. The van der Waals surface area contributed by atoms with E-state index in [0.29, 0.717) is 18.7 Å². The molecule has 2 heterocycles. The molecule has 0 saturated carbocycles. The molecule has 1 saturated heterocycles. The molecule has 3 unspecified atom stereocenters. The molecule has 3 N–H and O–H groups in total. The number of carbonyl (C=O) groups excluding carboxylic acids is 1. The van der Waals surface area contributed by atoms with E-state index in [4.69, 9.17) is 10.5 Å². The number of allylic oxidation sites excluding steroid dienone is 2. The third-order valence-corrected chi connectivity index (χ3v) is 5.00. The summed E-state index contributed by atoms with van der Waals surface area (Å²) in [7, 11) is 0. The van der Waals surface area contributed by atoms with Crippen LogP contribution in [-0.4, -0.2) is 33.5 Å². The van der Waals surface area contributed by atoms with Crippen LogP contribution in [0.4, 0.5) is 5.95 Å². The van der Waals surface area contributed by atoms with Gasteiger partial charge in [0.15, 0.2) is 17.2 Å². The summed E-state index contributed by atoms with van der Waals surface area (Å²) in [6, 6.07) is 11.6. The first-order valence-electron chi connectivity index (χ1n) is 9.37. The number of nitrogens with one attached hydrogen (secondary N) is 1. The molecule has 0 bridgehead atoms. The van der Waals surface area contributed by atoms with Gasteiger partial charge in [-0.2, -0.15) is 15.2 Å². The number of nitrogens with two attached hydrogens (primary N) is 1. The van der Waals surface area contributed by atoms with E-state index in [1.165, 1.54) is 0 Å². The third kappa shape index (κ3) is 3.73. The van der Waals surface area contributed by atoms with E-state index in [-0.39, 0.29) is 30.3 Å². The normalized spacial score (nSPS) is 25.6. The standard InChI is InChI=1S/C21H20N6O2/c22-12-15-8-4-5-11-21(15,29-13-16-9-10-17(28)24-16)19-25-18(26-20(23)27-19)14-6-2-1-3-7-14/h1-8,11,15-16H,9-10,13H2,(H,24,28)(H2,23,25,26,27). The molecule has 2 aliphatic rings. The number of nitrogens with zero attached hydrogens (tertiary/aromatic N) is 4. The summed E-state index contributed by atoms with van der Waals surface area (Å²) >= 11 is 0. The van der Waals surface area contributed by atoms with Gasteiger partial charge >= 0.3 is 0 Å². The topological polar surface area (TPSA) is 127 Å². The van der Waals surface area contributed by atoms with E-state index in [9.17, 15) is 10.1 Å². The van der Waals surface area contributed by atoms with Gasteiger partial charge in [-0.25, -0.2) is 4.98 Å². The van der Waals surface area contributed by atoms with Crippen molar-refractivity contribution in [3.05, 3.63) is 60.5 Å². The Morgan fingerprint density at radius 1 is 1.24 bits per heavy atom. The van der Waals surface area contributed by atoms with Crippen molar-refractivity contribution in [1.29, 1.82) is 5.26 Å². The van der Waals surface area contributed by atoms with Crippen LogP contribution in [-0.2, 0) is 15.1 Å². The quantitative estimate of drug-likeness (QED) is 0.800. The van der Waals surface area contributed by atoms with Crippen LogP contribution < -0.4 is 11.1 Å². The first kappa shape index (κ1) is 18.8. The number of carbonyl (C=O) groups is 1. The Bertz CT molecular complexity index is 1010. The minimum Gasteiger partial charge on any atom is -0.368 e. The first-order chi connectivity index (χ1) is 14.1. The molecular formula is C21H20N6O2. The minimum atomic E-state index is -1.22. The second-order valence-electron chi connectivity index (χ2n) is 6.96. The van der Waals surface area contributed by atoms with Crippen LogP contribution in [0.1, 0.15) is 18.7 Å². The number of nitriles is 1. The van der Waals surface area contributed by atoms with E-state index >= 15 is 0 Å². The van der Waals surface area contributed by atoms with Crippen LogP contribution in [0.2, 0.25) is 0 Å². The Balaban J connectivity index is 1.74. The SMILES string of the molecule is N#CC1C=CC=CC1(OCC1CCC(=O)N1)c1nc(N)nc(-c2ccccc2)n1. The van der Waals surface area contributed by atoms with Gasteiger partial charge in [0.25, 0.3) is 0 Å². The average Bonchev–Trinajstić information content (AvgIpc) is 3.17. The zero-order chi connectivity index (χ0) is 20.3. The number of anilines is 1. The Labute approximate surface area is 168 Å². The van der Waals surface area contributed by atoms with Crippen molar-refractivity contribution in [3.8, 4) is 17.5 Å². The molecule has 2 aromatic rings. The summed E-state index contributed by atoms with van der Waals surface area (Å²) in [5.41, 5.74) is 5.54. The van der Waals surface area contributed by atoms with Gasteiger partial charge in [0, 0.05) is 12.0 Å². The smallest absolute Gasteiger partial charge is 0.223 e. The number of hydrogen-bond donors (Lipinski definition) is 2. The summed E-state index contributed by atoms with van der Waals surface area (Å²) in [6.45, 7) is 0.231. The largest absolute Gasteiger partial charge is 0.368 e. The monoisotopic (exact) mass is 388 g/mol. The van der Waals surface area contributed by atoms with Gasteiger partial charge in [0.1, 0.15) is 5.92 Å². The van der Waals surface area contributed by atoms with Crippen molar-refractivity contribution >= 4 is 11.9 Å². The molecule has 4 rings (SSSR count). The maximum absolute atomic E-state index is 11.5. The van der Waals surface area contributed by atoms with Gasteiger partial charge in [-0.3, -0.25) is 4.79 Å². The predicted molar refractivity (Wildman–Crippen MR) is 106 cm³/mol. The van der Waals surface area contributed by atoms with Crippen LogP contribution >= 0.6 is 0 Å². The number of ether oxygens (including phenoxy) is 1. The van der Waals surface area contributed by atoms with Gasteiger partial charge in [0.2, 0.25) is 11.9 Å². The predicted octanol–water partition coefficient (Wildman–Crippen LogP) is 1.88. The number of amides is 1. The summed E-state index contributed by atoms with van der Waals surface area (Å²) in [5, 5.41) is 12.7. The first-order valence-corrected chi connectivity index (χ1v) is 9.37. The van der Waals surface area contributed by atoms with E-state index < -0.39 is 11.5 Å². The molecular weight excluding hydrogens is 368 g/mol. The molecule has 8 heteroatoms. The lowest BCUT2D eigenvalue weighted by atomic mass is 9.83. The lowest BCUT2D eigenvalue weighted by Gasteiger charge is -2.34. The molecule has 8 nitrogen and oxygen atoms in total. The highest BCUT2D eigenvalue weighted by Crippen LogP contribution is 2.38. The van der Waals surface area contributed by atoms with Gasteiger partial charge in [-0.15, -0.1) is 0 Å². The highest BCUT2D eigenvalue weighted by atomic mass is 16.5. The van der Waals surface area contributed by atoms with Gasteiger partial charge in [0.05, 0.1) is 18.7 Å². The van der Waals surface area contributed by atoms with Crippen LogP contribution in [0.3, 0.4) is 0 Å². The third-order valence-electron chi connectivity index (χ3n) is 5.00. The van der Waals surface area contributed by atoms with E-state index in [1.54, 1.807) is 24.3 Å². The van der Waals surface area contributed by atoms with Crippen LogP contribution in [0, 0.1) is 17.2 Å². The molecule has 29 heavy (non-hydrogen) atoms. The van der Waals surface area contributed by atoms with E-state index in [2.05, 4.69) is 26.3 Å². The number of benzene rings is 1. The highest BCUT2D eigenvalue weighted by Gasteiger charge is 2.44. The zero-order valence-corrected chi connectivity index (χ0v) is 15.7. The number of rotatable bonds is 5. The maximum Gasteiger partial charge on any atom is 0.223 e. The number of nitrogen functional groups attached to an aromatic ring is 1. The highest BCUT2D eigenvalue weighted by molar-refractivity contribution is 5.78. The number of hydrogen-bond acceptors (Lipinski definition) is 7. The van der Waals surface area contributed by atoms with Gasteiger partial charge < -0.3 is 15.8 Å². The van der Waals surface area contributed by atoms with Crippen LogP contribution in [0.15, 0.2) is 54.6 Å². The lowest BCUT2D eigenvalue weighted by Crippen LogP contribution is -2.42.